The van der Waals surface area contributed by atoms with E-state index in [1.165, 1.54) is 0 Å². The Morgan fingerprint density at radius 2 is 1.92 bits per heavy atom. The first-order valence-corrected chi connectivity index (χ1v) is 4.97. The van der Waals surface area contributed by atoms with Crippen LogP contribution in [0.2, 0.25) is 0 Å². The van der Waals surface area contributed by atoms with E-state index in [0.29, 0.717) is 5.78 Å². The van der Waals surface area contributed by atoms with Gasteiger partial charge in [0.05, 0.1) is 0 Å². The number of carbonyl (C=O) groups excluding carboxylic acids is 1. The Bertz CT molecular complexity index is 193. The van der Waals surface area contributed by atoms with Crippen LogP contribution in [-0.2, 0) is 4.79 Å². The maximum absolute atomic E-state index is 11.7. The Balaban J connectivity index is 2.89. The molecule has 0 aliphatic heterocycles. The molecule has 1 saturated carbocycles. The van der Waals surface area contributed by atoms with E-state index in [2.05, 4.69) is 27.7 Å². The maximum atomic E-state index is 11.7. The smallest absolute Gasteiger partial charge is 0.139 e. The van der Waals surface area contributed by atoms with Crippen molar-refractivity contribution in [2.75, 3.05) is 0 Å². The second kappa shape index (κ2) is 2.86. The Hall–Kier alpha value is -0.330. The zero-order valence-corrected chi connectivity index (χ0v) is 8.74. The predicted molar refractivity (Wildman–Crippen MR) is 51.0 cm³/mol. The molecule has 1 unspecified atom stereocenters. The van der Waals surface area contributed by atoms with Gasteiger partial charge in [0.15, 0.2) is 0 Å². The highest BCUT2D eigenvalue weighted by Gasteiger charge is 2.50. The molecule has 12 heavy (non-hydrogen) atoms. The van der Waals surface area contributed by atoms with Gasteiger partial charge in [-0.25, -0.2) is 0 Å². The molecular formula is C11H20O. The highest BCUT2D eigenvalue weighted by molar-refractivity contribution is 5.87. The molecule has 0 spiro atoms. The average molecular weight is 168 g/mol. The minimum Gasteiger partial charge on any atom is -0.299 e. The molecule has 1 aliphatic carbocycles. The average Bonchev–Trinajstić information content (AvgIpc) is 2.16. The lowest BCUT2D eigenvalue weighted by Gasteiger charge is -2.36. The molecule has 0 aromatic carbocycles. The molecule has 1 fully saturated rings. The van der Waals surface area contributed by atoms with E-state index in [1.54, 1.807) is 0 Å². The van der Waals surface area contributed by atoms with E-state index in [1.807, 2.05) is 0 Å². The van der Waals surface area contributed by atoms with Crippen molar-refractivity contribution < 1.29 is 4.79 Å². The zero-order chi connectivity index (χ0) is 9.41. The Labute approximate surface area is 75.5 Å². The van der Waals surface area contributed by atoms with Crippen LogP contribution in [0.25, 0.3) is 0 Å². The van der Waals surface area contributed by atoms with Crippen LogP contribution in [0.1, 0.15) is 53.4 Å². The van der Waals surface area contributed by atoms with Crippen LogP contribution in [0.3, 0.4) is 0 Å². The number of rotatable bonds is 2. The number of hydrogen-bond donors (Lipinski definition) is 0. The van der Waals surface area contributed by atoms with Crippen LogP contribution >= 0.6 is 0 Å². The molecule has 1 nitrogen and oxygen atoms in total. The van der Waals surface area contributed by atoms with Crippen LogP contribution in [-0.4, -0.2) is 5.78 Å². The van der Waals surface area contributed by atoms with E-state index >= 15 is 0 Å². The van der Waals surface area contributed by atoms with Gasteiger partial charge in [0, 0.05) is 11.8 Å². The second-order valence-corrected chi connectivity index (χ2v) is 4.89. The molecule has 0 heterocycles. The lowest BCUT2D eigenvalue weighted by atomic mass is 9.66. The van der Waals surface area contributed by atoms with Gasteiger partial charge >= 0.3 is 0 Å². The van der Waals surface area contributed by atoms with Gasteiger partial charge in [-0.1, -0.05) is 34.1 Å². The minimum absolute atomic E-state index is 0.0399. The van der Waals surface area contributed by atoms with Gasteiger partial charge in [-0.3, -0.25) is 4.79 Å². The zero-order valence-electron chi connectivity index (χ0n) is 8.74. The summed E-state index contributed by atoms with van der Waals surface area (Å²) >= 11 is 0. The van der Waals surface area contributed by atoms with Crippen molar-refractivity contribution in [1.29, 1.82) is 0 Å². The van der Waals surface area contributed by atoms with Crippen molar-refractivity contribution in [3.05, 3.63) is 0 Å². The highest BCUT2D eigenvalue weighted by atomic mass is 16.1. The maximum Gasteiger partial charge on any atom is 0.139 e. The van der Waals surface area contributed by atoms with Gasteiger partial charge in [-0.15, -0.1) is 0 Å². The molecule has 0 bridgehead atoms. The summed E-state index contributed by atoms with van der Waals surface area (Å²) in [7, 11) is 0. The highest BCUT2D eigenvalue weighted by Crippen LogP contribution is 2.52. The molecule has 1 rings (SSSR count). The topological polar surface area (TPSA) is 17.1 Å². The summed E-state index contributed by atoms with van der Waals surface area (Å²) in [5.41, 5.74) is 0.182. The van der Waals surface area contributed by atoms with Crippen molar-refractivity contribution >= 4 is 5.78 Å². The van der Waals surface area contributed by atoms with Crippen molar-refractivity contribution in [2.45, 2.75) is 53.4 Å². The van der Waals surface area contributed by atoms with Crippen molar-refractivity contribution in [3.63, 3.8) is 0 Å². The molecule has 0 aromatic heterocycles. The summed E-state index contributed by atoms with van der Waals surface area (Å²) < 4.78 is 0. The summed E-state index contributed by atoms with van der Waals surface area (Å²) in [6, 6.07) is 0. The van der Waals surface area contributed by atoms with Crippen molar-refractivity contribution in [2.24, 2.45) is 10.8 Å². The number of carbonyl (C=O) groups is 1. The first kappa shape index (κ1) is 9.76. The summed E-state index contributed by atoms with van der Waals surface area (Å²) in [4.78, 5) is 11.7. The molecule has 1 atom stereocenters. The molecule has 0 aromatic rings. The Kier molecular flexibility index (Phi) is 2.33. The van der Waals surface area contributed by atoms with Gasteiger partial charge in [-0.05, 0) is 18.3 Å². The largest absolute Gasteiger partial charge is 0.299 e. The van der Waals surface area contributed by atoms with E-state index < -0.39 is 0 Å². The van der Waals surface area contributed by atoms with Gasteiger partial charge < -0.3 is 0 Å². The Morgan fingerprint density at radius 3 is 2.25 bits per heavy atom. The van der Waals surface area contributed by atoms with Crippen LogP contribution in [0, 0.1) is 10.8 Å². The van der Waals surface area contributed by atoms with Crippen LogP contribution < -0.4 is 0 Å². The number of hydrogen-bond acceptors (Lipinski definition) is 1. The molecule has 1 aliphatic rings. The first-order chi connectivity index (χ1) is 5.44. The van der Waals surface area contributed by atoms with Crippen molar-refractivity contribution in [1.82, 2.24) is 0 Å². The summed E-state index contributed by atoms with van der Waals surface area (Å²) in [5.74, 6) is 0.481. The SMILES string of the molecule is CCCC1(C)C(=O)CCC1(C)C. The first-order valence-electron chi connectivity index (χ1n) is 4.97. The van der Waals surface area contributed by atoms with Crippen molar-refractivity contribution in [3.8, 4) is 0 Å². The third-order valence-corrected chi connectivity index (χ3v) is 3.84. The monoisotopic (exact) mass is 168 g/mol. The second-order valence-electron chi connectivity index (χ2n) is 4.89. The number of Topliss-reactive ketones (excluding diaryl/α,β-unsaturated/α-hetero) is 1. The fraction of sp³-hybridized carbons (Fsp3) is 0.909. The molecule has 0 radical (unpaired) electrons. The summed E-state index contributed by atoms with van der Waals surface area (Å²) in [5, 5.41) is 0. The molecule has 70 valence electrons. The Morgan fingerprint density at radius 1 is 1.33 bits per heavy atom. The minimum atomic E-state index is -0.0399. The summed E-state index contributed by atoms with van der Waals surface area (Å²) in [6.07, 6.45) is 4.04. The van der Waals surface area contributed by atoms with E-state index in [-0.39, 0.29) is 10.8 Å². The third-order valence-electron chi connectivity index (χ3n) is 3.84. The molecule has 1 heteroatoms. The fourth-order valence-electron chi connectivity index (χ4n) is 2.33. The lowest BCUT2D eigenvalue weighted by Crippen LogP contribution is -2.34. The van der Waals surface area contributed by atoms with Crippen LogP contribution in [0.5, 0.6) is 0 Å². The fourth-order valence-corrected chi connectivity index (χ4v) is 2.33. The quantitative estimate of drug-likeness (QED) is 0.619. The molecule has 0 amide bonds. The van der Waals surface area contributed by atoms with Gasteiger partial charge in [0.25, 0.3) is 0 Å². The van der Waals surface area contributed by atoms with Gasteiger partial charge in [0.1, 0.15) is 5.78 Å². The lowest BCUT2D eigenvalue weighted by molar-refractivity contribution is -0.128. The molecule has 0 saturated heterocycles. The third kappa shape index (κ3) is 1.19. The normalized spacial score (nSPS) is 34.2. The van der Waals surface area contributed by atoms with E-state index in [4.69, 9.17) is 0 Å². The standard InChI is InChI=1S/C11H20O/c1-5-7-11(4)9(12)6-8-10(11,2)3/h5-8H2,1-4H3. The molecule has 0 N–H and O–H groups in total. The van der Waals surface area contributed by atoms with Gasteiger partial charge in [0.2, 0.25) is 0 Å². The number of ketones is 1. The molecular weight excluding hydrogens is 148 g/mol. The van der Waals surface area contributed by atoms with E-state index in [9.17, 15) is 4.79 Å². The van der Waals surface area contributed by atoms with Crippen LogP contribution in [0.15, 0.2) is 0 Å². The van der Waals surface area contributed by atoms with Gasteiger partial charge in [-0.2, -0.15) is 0 Å². The van der Waals surface area contributed by atoms with E-state index in [0.717, 1.165) is 25.7 Å². The van der Waals surface area contributed by atoms with Crippen LogP contribution in [0.4, 0.5) is 0 Å². The summed E-state index contributed by atoms with van der Waals surface area (Å²) in [6.45, 7) is 8.76. The predicted octanol–water partition coefficient (Wildman–Crippen LogP) is 3.18.